The summed E-state index contributed by atoms with van der Waals surface area (Å²) in [6.07, 6.45) is 2.81. The van der Waals surface area contributed by atoms with E-state index in [9.17, 15) is 5.11 Å². The molecule has 0 saturated heterocycles. The van der Waals surface area contributed by atoms with Crippen molar-refractivity contribution in [2.24, 2.45) is 0 Å². The molecular formula is C17H20ClNOS. The third-order valence-electron chi connectivity index (χ3n) is 3.98. The normalized spacial score (nSPS) is 16.3. The van der Waals surface area contributed by atoms with Gasteiger partial charge in [0.25, 0.3) is 0 Å². The van der Waals surface area contributed by atoms with Crippen molar-refractivity contribution in [3.05, 3.63) is 57.2 Å². The molecule has 1 saturated carbocycles. The van der Waals surface area contributed by atoms with Gasteiger partial charge in [-0.3, -0.25) is 4.90 Å². The lowest BCUT2D eigenvalue weighted by molar-refractivity contribution is 0.137. The fourth-order valence-electron chi connectivity index (χ4n) is 2.64. The molecule has 2 aromatic rings. The molecule has 112 valence electrons. The highest BCUT2D eigenvalue weighted by Gasteiger charge is 2.29. The molecule has 0 aliphatic heterocycles. The number of hydrogen-bond acceptors (Lipinski definition) is 3. The molecule has 1 atom stereocenters. The molecule has 1 aliphatic rings. The number of nitrogens with zero attached hydrogens (tertiary/aromatic N) is 1. The highest BCUT2D eigenvalue weighted by molar-refractivity contribution is 7.07. The van der Waals surface area contributed by atoms with Gasteiger partial charge in [-0.15, -0.1) is 0 Å². The molecular weight excluding hydrogens is 302 g/mol. The third kappa shape index (κ3) is 4.07. The Hall–Kier alpha value is -0.870. The van der Waals surface area contributed by atoms with Gasteiger partial charge in [-0.2, -0.15) is 11.3 Å². The van der Waals surface area contributed by atoms with Gasteiger partial charge in [-0.25, -0.2) is 0 Å². The Labute approximate surface area is 135 Å². The average Bonchev–Trinajstić information content (AvgIpc) is 3.21. The van der Waals surface area contributed by atoms with Crippen molar-refractivity contribution in [3.63, 3.8) is 0 Å². The molecule has 1 heterocycles. The Bertz CT molecular complexity index is 568. The Morgan fingerprint density at radius 3 is 2.76 bits per heavy atom. The SMILES string of the molecule is OC(CCN(Cc1ccsc1)C1CC1)c1ccccc1Cl. The smallest absolute Gasteiger partial charge is 0.0816 e. The second-order valence-corrected chi connectivity index (χ2v) is 6.85. The zero-order chi connectivity index (χ0) is 14.7. The summed E-state index contributed by atoms with van der Waals surface area (Å²) < 4.78 is 0. The lowest BCUT2D eigenvalue weighted by atomic mass is 10.1. The fraction of sp³-hybridized carbons (Fsp3) is 0.412. The van der Waals surface area contributed by atoms with Crippen LogP contribution < -0.4 is 0 Å². The van der Waals surface area contributed by atoms with E-state index < -0.39 is 6.10 Å². The van der Waals surface area contributed by atoms with Crippen LogP contribution in [0.3, 0.4) is 0 Å². The number of aliphatic hydroxyl groups is 1. The first-order chi connectivity index (χ1) is 10.2. The fourth-order valence-corrected chi connectivity index (χ4v) is 3.56. The Morgan fingerprint density at radius 2 is 2.10 bits per heavy atom. The van der Waals surface area contributed by atoms with Crippen LogP contribution in [0.2, 0.25) is 5.02 Å². The van der Waals surface area contributed by atoms with Crippen molar-refractivity contribution in [2.45, 2.75) is 38.0 Å². The van der Waals surface area contributed by atoms with Crippen LogP contribution in [-0.4, -0.2) is 22.6 Å². The van der Waals surface area contributed by atoms with Gasteiger partial charge in [-0.1, -0.05) is 29.8 Å². The summed E-state index contributed by atoms with van der Waals surface area (Å²) in [5, 5.41) is 15.4. The topological polar surface area (TPSA) is 23.5 Å². The summed E-state index contributed by atoms with van der Waals surface area (Å²) in [6, 6.07) is 10.4. The number of benzene rings is 1. The van der Waals surface area contributed by atoms with E-state index in [4.69, 9.17) is 11.6 Å². The highest BCUT2D eigenvalue weighted by atomic mass is 35.5. The summed E-state index contributed by atoms with van der Waals surface area (Å²) in [5.74, 6) is 0. The number of aliphatic hydroxyl groups excluding tert-OH is 1. The summed E-state index contributed by atoms with van der Waals surface area (Å²) in [4.78, 5) is 2.49. The van der Waals surface area contributed by atoms with E-state index in [-0.39, 0.29) is 0 Å². The number of halogens is 1. The van der Waals surface area contributed by atoms with Gasteiger partial charge >= 0.3 is 0 Å². The van der Waals surface area contributed by atoms with Crippen LogP contribution in [0.5, 0.6) is 0 Å². The predicted octanol–water partition coefficient (Wildman–Crippen LogP) is 4.49. The monoisotopic (exact) mass is 321 g/mol. The molecule has 2 nitrogen and oxygen atoms in total. The molecule has 1 aromatic heterocycles. The minimum absolute atomic E-state index is 0.484. The van der Waals surface area contributed by atoms with E-state index in [0.29, 0.717) is 11.1 Å². The molecule has 0 bridgehead atoms. The van der Waals surface area contributed by atoms with Crippen LogP contribution >= 0.6 is 22.9 Å². The lowest BCUT2D eigenvalue weighted by Gasteiger charge is -2.23. The van der Waals surface area contributed by atoms with Gasteiger partial charge < -0.3 is 5.11 Å². The van der Waals surface area contributed by atoms with E-state index >= 15 is 0 Å². The first-order valence-corrected chi connectivity index (χ1v) is 8.74. The molecule has 3 rings (SSSR count). The van der Waals surface area contributed by atoms with Crippen molar-refractivity contribution in [1.82, 2.24) is 4.90 Å². The molecule has 1 aromatic carbocycles. The largest absolute Gasteiger partial charge is 0.388 e. The van der Waals surface area contributed by atoms with E-state index in [0.717, 1.165) is 25.1 Å². The van der Waals surface area contributed by atoms with Crippen molar-refractivity contribution in [3.8, 4) is 0 Å². The van der Waals surface area contributed by atoms with Crippen LogP contribution in [0.1, 0.15) is 36.5 Å². The Kier molecular flexibility index (Phi) is 4.96. The molecule has 4 heteroatoms. The average molecular weight is 322 g/mol. The van der Waals surface area contributed by atoms with Crippen LogP contribution in [0.25, 0.3) is 0 Å². The third-order valence-corrected chi connectivity index (χ3v) is 5.06. The molecule has 1 fully saturated rings. The van der Waals surface area contributed by atoms with Crippen LogP contribution in [-0.2, 0) is 6.54 Å². The van der Waals surface area contributed by atoms with Crippen molar-refractivity contribution in [1.29, 1.82) is 0 Å². The van der Waals surface area contributed by atoms with Gasteiger partial charge in [-0.05, 0) is 53.3 Å². The van der Waals surface area contributed by atoms with Crippen molar-refractivity contribution in [2.75, 3.05) is 6.54 Å². The molecule has 1 aliphatic carbocycles. The second-order valence-electron chi connectivity index (χ2n) is 5.66. The number of rotatable bonds is 7. The van der Waals surface area contributed by atoms with E-state index in [1.165, 1.54) is 18.4 Å². The van der Waals surface area contributed by atoms with Crippen molar-refractivity contribution >= 4 is 22.9 Å². The van der Waals surface area contributed by atoms with E-state index in [1.807, 2.05) is 24.3 Å². The second kappa shape index (κ2) is 6.93. The van der Waals surface area contributed by atoms with Gasteiger partial charge in [0, 0.05) is 24.2 Å². The molecule has 0 spiro atoms. The first-order valence-electron chi connectivity index (χ1n) is 7.41. The maximum atomic E-state index is 10.4. The van der Waals surface area contributed by atoms with Gasteiger partial charge in [0.15, 0.2) is 0 Å². The molecule has 0 radical (unpaired) electrons. The van der Waals surface area contributed by atoms with E-state index in [2.05, 4.69) is 21.7 Å². The maximum Gasteiger partial charge on any atom is 0.0816 e. The first kappa shape index (κ1) is 15.0. The number of thiophene rings is 1. The lowest BCUT2D eigenvalue weighted by Crippen LogP contribution is -2.27. The Morgan fingerprint density at radius 1 is 1.29 bits per heavy atom. The summed E-state index contributed by atoms with van der Waals surface area (Å²) in [5.41, 5.74) is 2.21. The molecule has 0 amide bonds. The maximum absolute atomic E-state index is 10.4. The predicted molar refractivity (Wildman–Crippen MR) is 88.8 cm³/mol. The van der Waals surface area contributed by atoms with Crippen LogP contribution in [0.15, 0.2) is 41.1 Å². The van der Waals surface area contributed by atoms with Crippen LogP contribution in [0.4, 0.5) is 0 Å². The zero-order valence-electron chi connectivity index (χ0n) is 11.9. The van der Waals surface area contributed by atoms with Gasteiger partial charge in [0.05, 0.1) is 6.10 Å². The minimum atomic E-state index is -0.484. The quantitative estimate of drug-likeness (QED) is 0.812. The van der Waals surface area contributed by atoms with Gasteiger partial charge in [0.2, 0.25) is 0 Å². The number of hydrogen-bond donors (Lipinski definition) is 1. The Balaban J connectivity index is 1.58. The summed E-state index contributed by atoms with van der Waals surface area (Å²) in [6.45, 7) is 1.90. The molecule has 1 N–H and O–H groups in total. The van der Waals surface area contributed by atoms with Crippen LogP contribution in [0, 0.1) is 0 Å². The minimum Gasteiger partial charge on any atom is -0.388 e. The van der Waals surface area contributed by atoms with Crippen molar-refractivity contribution < 1.29 is 5.11 Å². The molecule has 1 unspecified atom stereocenters. The summed E-state index contributed by atoms with van der Waals surface area (Å²) >= 11 is 7.90. The molecule has 21 heavy (non-hydrogen) atoms. The van der Waals surface area contributed by atoms with Gasteiger partial charge in [0.1, 0.15) is 0 Å². The van der Waals surface area contributed by atoms with E-state index in [1.54, 1.807) is 11.3 Å². The highest BCUT2D eigenvalue weighted by Crippen LogP contribution is 2.31. The zero-order valence-corrected chi connectivity index (χ0v) is 13.5. The standard InChI is InChI=1S/C17H20ClNOS/c18-16-4-2-1-3-15(16)17(20)7-9-19(14-5-6-14)11-13-8-10-21-12-13/h1-4,8,10,12,14,17,20H,5-7,9,11H2. The summed E-state index contributed by atoms with van der Waals surface area (Å²) in [7, 11) is 0.